The summed E-state index contributed by atoms with van der Waals surface area (Å²) in [6, 6.07) is 10.1. The maximum atomic E-state index is 12.0. The summed E-state index contributed by atoms with van der Waals surface area (Å²) < 4.78 is 0. The van der Waals surface area contributed by atoms with Crippen molar-refractivity contribution in [1.82, 2.24) is 4.98 Å². The lowest BCUT2D eigenvalue weighted by molar-refractivity contribution is -0.118. The van der Waals surface area contributed by atoms with Gasteiger partial charge < -0.3 is 0 Å². The Labute approximate surface area is 124 Å². The van der Waals surface area contributed by atoms with Crippen molar-refractivity contribution in [3.8, 4) is 0 Å². The highest BCUT2D eigenvalue weighted by Crippen LogP contribution is 2.24. The van der Waals surface area contributed by atoms with Crippen LogP contribution in [0.2, 0.25) is 0 Å². The molecule has 0 unspecified atom stereocenters. The predicted molar refractivity (Wildman–Crippen MR) is 84.3 cm³/mol. The fraction of sp³-hybridized carbons (Fsp3) is 0.412. The molecular weight excluding hydrogens is 266 g/mol. The van der Waals surface area contributed by atoms with Gasteiger partial charge in [0.25, 0.3) is 0 Å². The predicted octanol–water partition coefficient (Wildman–Crippen LogP) is 4.19. The van der Waals surface area contributed by atoms with Crippen LogP contribution in [-0.2, 0) is 23.1 Å². The molecule has 0 radical (unpaired) electrons. The Balaban J connectivity index is 1.87. The van der Waals surface area contributed by atoms with Crippen LogP contribution in [0.1, 0.15) is 43.5 Å². The highest BCUT2D eigenvalue weighted by Gasteiger charge is 2.18. The van der Waals surface area contributed by atoms with Gasteiger partial charge in [0.15, 0.2) is 0 Å². The van der Waals surface area contributed by atoms with Gasteiger partial charge >= 0.3 is 0 Å². The minimum Gasteiger partial charge on any atom is -0.299 e. The van der Waals surface area contributed by atoms with E-state index in [-0.39, 0.29) is 11.2 Å². The summed E-state index contributed by atoms with van der Waals surface area (Å²) in [6.45, 7) is 6.43. The quantitative estimate of drug-likeness (QED) is 0.825. The van der Waals surface area contributed by atoms with E-state index < -0.39 is 0 Å². The van der Waals surface area contributed by atoms with Crippen LogP contribution in [-0.4, -0.2) is 10.8 Å². The summed E-state index contributed by atoms with van der Waals surface area (Å²) in [5.74, 6) is 0.267. The van der Waals surface area contributed by atoms with Gasteiger partial charge in [-0.3, -0.25) is 4.79 Å². The van der Waals surface area contributed by atoms with E-state index in [4.69, 9.17) is 0 Å². The van der Waals surface area contributed by atoms with Crippen LogP contribution in [0.25, 0.3) is 0 Å². The molecule has 20 heavy (non-hydrogen) atoms. The van der Waals surface area contributed by atoms with E-state index in [2.05, 4.69) is 43.3 Å². The molecule has 0 fully saturated rings. The first-order valence-corrected chi connectivity index (χ1v) is 7.83. The molecule has 0 atom stereocenters. The molecule has 2 aromatic rings. The minimum absolute atomic E-state index is 0.0574. The van der Waals surface area contributed by atoms with E-state index in [9.17, 15) is 4.79 Å². The van der Waals surface area contributed by atoms with Gasteiger partial charge in [0.1, 0.15) is 10.8 Å². The summed E-state index contributed by atoms with van der Waals surface area (Å²) in [6.07, 6.45) is 1.87. The Morgan fingerprint density at radius 1 is 1.20 bits per heavy atom. The molecule has 0 aliphatic rings. The van der Waals surface area contributed by atoms with Crippen molar-refractivity contribution >= 4 is 17.1 Å². The molecule has 106 valence electrons. The molecule has 0 saturated heterocycles. The average molecular weight is 287 g/mol. The standard InChI is InChI=1S/C17H21NOS/c1-17(2,3)15-12-20-16(18-15)11-14(19)10-9-13-7-5-4-6-8-13/h4-8,12H,9-11H2,1-3H3. The lowest BCUT2D eigenvalue weighted by Gasteiger charge is -2.14. The number of thiazole rings is 1. The third kappa shape index (κ3) is 4.27. The van der Waals surface area contributed by atoms with Gasteiger partial charge in [0.05, 0.1) is 12.1 Å². The zero-order valence-electron chi connectivity index (χ0n) is 12.3. The number of hydrogen-bond donors (Lipinski definition) is 0. The number of ketones is 1. The highest BCUT2D eigenvalue weighted by atomic mass is 32.1. The van der Waals surface area contributed by atoms with E-state index in [1.807, 2.05) is 18.2 Å². The average Bonchev–Trinajstić information content (AvgIpc) is 2.86. The molecule has 0 spiro atoms. The van der Waals surface area contributed by atoms with Gasteiger partial charge in [-0.15, -0.1) is 11.3 Å². The molecule has 0 bridgehead atoms. The maximum Gasteiger partial charge on any atom is 0.140 e. The van der Waals surface area contributed by atoms with Crippen molar-refractivity contribution in [2.75, 3.05) is 0 Å². The van der Waals surface area contributed by atoms with Crippen molar-refractivity contribution in [3.05, 3.63) is 52.0 Å². The van der Waals surface area contributed by atoms with Gasteiger partial charge in [-0.25, -0.2) is 4.98 Å². The zero-order valence-corrected chi connectivity index (χ0v) is 13.2. The second-order valence-corrected chi connectivity index (χ2v) is 7.02. The second kappa shape index (κ2) is 6.31. The molecule has 2 nitrogen and oxygen atoms in total. The number of aromatic nitrogens is 1. The first-order chi connectivity index (χ1) is 9.45. The van der Waals surface area contributed by atoms with E-state index in [1.54, 1.807) is 11.3 Å². The number of Topliss-reactive ketones (excluding diaryl/α,β-unsaturated/α-hetero) is 1. The molecule has 0 amide bonds. The molecule has 1 heterocycles. The van der Waals surface area contributed by atoms with Crippen LogP contribution in [0, 0.1) is 0 Å². The van der Waals surface area contributed by atoms with Gasteiger partial charge in [-0.05, 0) is 12.0 Å². The molecule has 0 saturated carbocycles. The Morgan fingerprint density at radius 2 is 1.90 bits per heavy atom. The van der Waals surface area contributed by atoms with E-state index >= 15 is 0 Å². The number of hydrogen-bond acceptors (Lipinski definition) is 3. The normalized spacial score (nSPS) is 11.6. The molecule has 0 aliphatic carbocycles. The Morgan fingerprint density at radius 3 is 2.50 bits per heavy atom. The molecule has 0 aliphatic heterocycles. The van der Waals surface area contributed by atoms with Gasteiger partial charge in [0.2, 0.25) is 0 Å². The molecule has 2 rings (SSSR count). The Bertz CT molecular complexity index is 566. The number of carbonyl (C=O) groups excluding carboxylic acids is 1. The SMILES string of the molecule is CC(C)(C)c1csc(CC(=O)CCc2ccccc2)n1. The van der Waals surface area contributed by atoms with Crippen molar-refractivity contribution in [2.24, 2.45) is 0 Å². The largest absolute Gasteiger partial charge is 0.299 e. The van der Waals surface area contributed by atoms with Gasteiger partial charge in [-0.1, -0.05) is 51.1 Å². The number of rotatable bonds is 5. The van der Waals surface area contributed by atoms with Crippen molar-refractivity contribution in [2.45, 2.75) is 45.4 Å². The number of aryl methyl sites for hydroxylation is 1. The molecular formula is C17H21NOS. The number of benzene rings is 1. The van der Waals surface area contributed by atoms with Crippen LogP contribution in [0.5, 0.6) is 0 Å². The first kappa shape index (κ1) is 14.9. The molecule has 0 N–H and O–H groups in total. The first-order valence-electron chi connectivity index (χ1n) is 6.95. The van der Waals surface area contributed by atoms with Crippen LogP contribution in [0.15, 0.2) is 35.7 Å². The van der Waals surface area contributed by atoms with Crippen molar-refractivity contribution in [3.63, 3.8) is 0 Å². The molecule has 1 aromatic carbocycles. The van der Waals surface area contributed by atoms with E-state index in [0.717, 1.165) is 17.1 Å². The van der Waals surface area contributed by atoms with Crippen LogP contribution in [0.4, 0.5) is 0 Å². The molecule has 3 heteroatoms. The minimum atomic E-state index is 0.0574. The topological polar surface area (TPSA) is 30.0 Å². The number of nitrogens with zero attached hydrogens (tertiary/aromatic N) is 1. The summed E-state index contributed by atoms with van der Waals surface area (Å²) in [5.41, 5.74) is 2.35. The van der Waals surface area contributed by atoms with Crippen LogP contribution in [0.3, 0.4) is 0 Å². The van der Waals surface area contributed by atoms with Gasteiger partial charge in [0, 0.05) is 17.2 Å². The third-order valence-corrected chi connectivity index (χ3v) is 4.05. The summed E-state index contributed by atoms with van der Waals surface area (Å²) in [5, 5.41) is 3.01. The highest BCUT2D eigenvalue weighted by molar-refractivity contribution is 7.09. The van der Waals surface area contributed by atoms with Crippen LogP contribution >= 0.6 is 11.3 Å². The fourth-order valence-electron chi connectivity index (χ4n) is 1.92. The smallest absolute Gasteiger partial charge is 0.140 e. The lowest BCUT2D eigenvalue weighted by Crippen LogP contribution is -2.12. The zero-order chi connectivity index (χ0) is 14.6. The fourth-order valence-corrected chi connectivity index (χ4v) is 2.97. The summed E-state index contributed by atoms with van der Waals surface area (Å²) in [4.78, 5) is 16.6. The van der Waals surface area contributed by atoms with E-state index in [0.29, 0.717) is 12.8 Å². The maximum absolute atomic E-state index is 12.0. The summed E-state index contributed by atoms with van der Waals surface area (Å²) >= 11 is 1.59. The van der Waals surface area contributed by atoms with E-state index in [1.165, 1.54) is 5.56 Å². The third-order valence-electron chi connectivity index (χ3n) is 3.20. The lowest BCUT2D eigenvalue weighted by atomic mass is 9.93. The number of carbonyl (C=O) groups is 1. The van der Waals surface area contributed by atoms with Crippen molar-refractivity contribution in [1.29, 1.82) is 0 Å². The Kier molecular flexibility index (Phi) is 4.71. The van der Waals surface area contributed by atoms with Gasteiger partial charge in [-0.2, -0.15) is 0 Å². The van der Waals surface area contributed by atoms with Crippen molar-refractivity contribution < 1.29 is 4.79 Å². The second-order valence-electron chi connectivity index (χ2n) is 6.08. The Hall–Kier alpha value is -1.48. The van der Waals surface area contributed by atoms with Crippen LogP contribution < -0.4 is 0 Å². The summed E-state index contributed by atoms with van der Waals surface area (Å²) in [7, 11) is 0. The molecule has 1 aromatic heterocycles. The monoisotopic (exact) mass is 287 g/mol.